The molecule has 0 unspecified atom stereocenters. The van der Waals surface area contributed by atoms with Crippen LogP contribution in [0.15, 0.2) is 24.5 Å². The van der Waals surface area contributed by atoms with Crippen LogP contribution in [0, 0.1) is 18.3 Å². The monoisotopic (exact) mass is 394 g/mol. The van der Waals surface area contributed by atoms with Gasteiger partial charge in [-0.05, 0) is 78.6 Å². The molecule has 1 atom stereocenters. The number of amides is 2. The smallest absolute Gasteiger partial charge is 0.253 e. The first-order chi connectivity index (χ1) is 14.1. The van der Waals surface area contributed by atoms with Crippen LogP contribution >= 0.6 is 0 Å². The molecule has 1 spiro atoms. The van der Waals surface area contributed by atoms with E-state index in [4.69, 9.17) is 0 Å². The number of nitrogens with zero attached hydrogens (tertiary/aromatic N) is 6. The quantitative estimate of drug-likeness (QED) is 0.793. The average molecular weight is 394 g/mol. The molecular formula is C21H26N6O2. The molecule has 3 heterocycles. The van der Waals surface area contributed by atoms with Gasteiger partial charge >= 0.3 is 0 Å². The summed E-state index contributed by atoms with van der Waals surface area (Å²) in [5, 5.41) is 11.2. The Labute approximate surface area is 169 Å². The van der Waals surface area contributed by atoms with E-state index in [-0.39, 0.29) is 17.2 Å². The van der Waals surface area contributed by atoms with E-state index in [1.54, 1.807) is 11.0 Å². The van der Waals surface area contributed by atoms with Crippen molar-refractivity contribution in [1.82, 2.24) is 30.0 Å². The summed E-state index contributed by atoms with van der Waals surface area (Å²) < 4.78 is 1.60. The number of piperidine rings is 1. The maximum absolute atomic E-state index is 13.0. The molecule has 8 heteroatoms. The van der Waals surface area contributed by atoms with Crippen LogP contribution in [0.4, 0.5) is 0 Å². The summed E-state index contributed by atoms with van der Waals surface area (Å²) >= 11 is 0. The molecule has 0 N–H and O–H groups in total. The molecule has 1 aromatic carbocycles. The molecular weight excluding hydrogens is 368 g/mol. The highest BCUT2D eigenvalue weighted by Gasteiger charge is 2.59. The zero-order chi connectivity index (χ0) is 20.0. The van der Waals surface area contributed by atoms with Crippen LogP contribution in [0.2, 0.25) is 0 Å². The number of benzene rings is 1. The molecule has 1 aliphatic carbocycles. The van der Waals surface area contributed by atoms with Crippen LogP contribution in [0.1, 0.15) is 48.0 Å². The van der Waals surface area contributed by atoms with Gasteiger partial charge in [-0.25, -0.2) is 4.68 Å². The number of hydrogen-bond donors (Lipinski definition) is 0. The van der Waals surface area contributed by atoms with Crippen molar-refractivity contribution < 1.29 is 9.59 Å². The third kappa shape index (κ3) is 3.20. The number of hydrogen-bond acceptors (Lipinski definition) is 5. The van der Waals surface area contributed by atoms with Crippen molar-refractivity contribution >= 4 is 11.8 Å². The van der Waals surface area contributed by atoms with Gasteiger partial charge in [0, 0.05) is 37.7 Å². The highest BCUT2D eigenvalue weighted by atomic mass is 16.2. The summed E-state index contributed by atoms with van der Waals surface area (Å²) in [4.78, 5) is 29.7. The minimum atomic E-state index is 0.0642. The normalized spacial score (nSPS) is 22.9. The Kier molecular flexibility index (Phi) is 4.37. The minimum absolute atomic E-state index is 0.0642. The molecule has 2 amide bonds. The Morgan fingerprint density at radius 1 is 1.07 bits per heavy atom. The summed E-state index contributed by atoms with van der Waals surface area (Å²) in [5.74, 6) is 0.612. The van der Waals surface area contributed by atoms with Gasteiger partial charge in [0.05, 0.1) is 5.69 Å². The first-order valence-electron chi connectivity index (χ1n) is 10.5. The van der Waals surface area contributed by atoms with Gasteiger partial charge < -0.3 is 9.80 Å². The van der Waals surface area contributed by atoms with E-state index in [2.05, 4.69) is 15.5 Å². The molecule has 5 rings (SSSR count). The number of carbonyl (C=O) groups excluding carboxylic acids is 2. The van der Waals surface area contributed by atoms with E-state index >= 15 is 0 Å². The Balaban J connectivity index is 1.22. The third-order valence-electron chi connectivity index (χ3n) is 6.99. The van der Waals surface area contributed by atoms with Gasteiger partial charge in [0.2, 0.25) is 5.91 Å². The van der Waals surface area contributed by atoms with E-state index in [1.165, 1.54) is 0 Å². The van der Waals surface area contributed by atoms with Crippen molar-refractivity contribution in [2.45, 2.75) is 39.0 Å². The fourth-order valence-electron chi connectivity index (χ4n) is 5.06. The van der Waals surface area contributed by atoms with Gasteiger partial charge in [-0.15, -0.1) is 5.10 Å². The van der Waals surface area contributed by atoms with Crippen LogP contribution in [0.3, 0.4) is 0 Å². The van der Waals surface area contributed by atoms with Crippen molar-refractivity contribution in [2.24, 2.45) is 11.3 Å². The summed E-state index contributed by atoms with van der Waals surface area (Å²) in [6.07, 6.45) is 6.70. The standard InChI is InChI=1S/C21H26N6O2/c1-15-12-16(4-5-18(15)27-14-22-23-24-27)19(28)26-10-6-21(7-11-26)13-17(21)20(29)25-8-2-3-9-25/h4-5,12,14,17H,2-3,6-11,13H2,1H3/t17-/m1/s1. The van der Waals surface area contributed by atoms with Gasteiger partial charge in [0.25, 0.3) is 5.91 Å². The summed E-state index contributed by atoms with van der Waals surface area (Å²) in [6, 6.07) is 5.63. The Hall–Kier alpha value is -2.77. The van der Waals surface area contributed by atoms with Crippen LogP contribution in [0.5, 0.6) is 0 Å². The molecule has 2 aliphatic heterocycles. The second-order valence-electron chi connectivity index (χ2n) is 8.70. The Morgan fingerprint density at radius 2 is 1.83 bits per heavy atom. The zero-order valence-corrected chi connectivity index (χ0v) is 16.8. The summed E-state index contributed by atoms with van der Waals surface area (Å²) in [5.41, 5.74) is 2.66. The number of tetrazole rings is 1. The number of aryl methyl sites for hydroxylation is 1. The van der Waals surface area contributed by atoms with Crippen LogP contribution in [-0.4, -0.2) is 68.0 Å². The van der Waals surface area contributed by atoms with E-state index in [1.807, 2.05) is 34.9 Å². The van der Waals surface area contributed by atoms with E-state index < -0.39 is 0 Å². The SMILES string of the molecule is Cc1cc(C(=O)N2CCC3(CC2)C[C@@H]3C(=O)N2CCCC2)ccc1-n1cnnn1. The fourth-order valence-corrected chi connectivity index (χ4v) is 5.06. The highest BCUT2D eigenvalue weighted by Crippen LogP contribution is 2.60. The molecule has 0 bridgehead atoms. The highest BCUT2D eigenvalue weighted by molar-refractivity contribution is 5.95. The lowest BCUT2D eigenvalue weighted by Crippen LogP contribution is -2.41. The van der Waals surface area contributed by atoms with Crippen LogP contribution in [0.25, 0.3) is 5.69 Å². The molecule has 152 valence electrons. The second kappa shape index (κ2) is 6.93. The average Bonchev–Trinajstić information content (AvgIpc) is 3.18. The predicted octanol–water partition coefficient (Wildman–Crippen LogP) is 1.84. The molecule has 1 aromatic heterocycles. The lowest BCUT2D eigenvalue weighted by atomic mass is 9.90. The van der Waals surface area contributed by atoms with E-state index in [0.717, 1.165) is 69.5 Å². The van der Waals surface area contributed by atoms with Crippen molar-refractivity contribution in [3.8, 4) is 5.69 Å². The van der Waals surface area contributed by atoms with Crippen molar-refractivity contribution in [3.05, 3.63) is 35.7 Å². The van der Waals surface area contributed by atoms with E-state index in [0.29, 0.717) is 11.5 Å². The Bertz CT molecular complexity index is 927. The lowest BCUT2D eigenvalue weighted by Gasteiger charge is -2.33. The molecule has 1 saturated carbocycles. The van der Waals surface area contributed by atoms with Gasteiger partial charge in [-0.2, -0.15) is 0 Å². The largest absolute Gasteiger partial charge is 0.342 e. The topological polar surface area (TPSA) is 84.2 Å². The summed E-state index contributed by atoms with van der Waals surface area (Å²) in [7, 11) is 0. The van der Waals surface area contributed by atoms with Crippen LogP contribution < -0.4 is 0 Å². The van der Waals surface area contributed by atoms with Crippen molar-refractivity contribution in [3.63, 3.8) is 0 Å². The molecule has 29 heavy (non-hydrogen) atoms. The second-order valence-corrected chi connectivity index (χ2v) is 8.70. The third-order valence-corrected chi connectivity index (χ3v) is 6.99. The molecule has 8 nitrogen and oxygen atoms in total. The molecule has 3 fully saturated rings. The van der Waals surface area contributed by atoms with Crippen molar-refractivity contribution in [1.29, 1.82) is 0 Å². The molecule has 3 aliphatic rings. The van der Waals surface area contributed by atoms with Gasteiger partial charge in [0.1, 0.15) is 6.33 Å². The van der Waals surface area contributed by atoms with Crippen LogP contribution in [-0.2, 0) is 4.79 Å². The predicted molar refractivity (Wildman–Crippen MR) is 105 cm³/mol. The minimum Gasteiger partial charge on any atom is -0.342 e. The molecule has 0 radical (unpaired) electrons. The summed E-state index contributed by atoms with van der Waals surface area (Å²) in [6.45, 7) is 5.27. The van der Waals surface area contributed by atoms with Crippen molar-refractivity contribution in [2.75, 3.05) is 26.2 Å². The number of likely N-dealkylation sites (tertiary alicyclic amines) is 2. The first-order valence-corrected chi connectivity index (χ1v) is 10.5. The van der Waals surface area contributed by atoms with Gasteiger partial charge in [-0.1, -0.05) is 0 Å². The zero-order valence-electron chi connectivity index (χ0n) is 16.8. The lowest BCUT2D eigenvalue weighted by molar-refractivity contribution is -0.132. The molecule has 2 aromatic rings. The molecule has 2 saturated heterocycles. The maximum Gasteiger partial charge on any atom is 0.253 e. The fraction of sp³-hybridized carbons (Fsp3) is 0.571. The van der Waals surface area contributed by atoms with E-state index in [9.17, 15) is 9.59 Å². The number of rotatable bonds is 3. The number of aromatic nitrogens is 4. The van der Waals surface area contributed by atoms with Gasteiger partial charge in [-0.3, -0.25) is 9.59 Å². The number of carbonyl (C=O) groups is 2. The maximum atomic E-state index is 13.0. The first kappa shape index (κ1) is 18.3. The Morgan fingerprint density at radius 3 is 2.48 bits per heavy atom. The van der Waals surface area contributed by atoms with Gasteiger partial charge in [0.15, 0.2) is 0 Å².